The Balaban J connectivity index is 2.07. The van der Waals surface area contributed by atoms with Crippen LogP contribution in [0.1, 0.15) is 36.0 Å². The van der Waals surface area contributed by atoms with Crippen molar-refractivity contribution >= 4 is 27.6 Å². The van der Waals surface area contributed by atoms with Crippen molar-refractivity contribution in [2.24, 2.45) is 5.92 Å². The van der Waals surface area contributed by atoms with Crippen LogP contribution >= 0.6 is 15.9 Å². The van der Waals surface area contributed by atoms with Crippen LogP contribution in [0.15, 0.2) is 22.7 Å². The lowest BCUT2D eigenvalue weighted by Crippen LogP contribution is -2.13. The summed E-state index contributed by atoms with van der Waals surface area (Å²) in [5.74, 6) is -0.193. The van der Waals surface area contributed by atoms with Crippen LogP contribution in [-0.2, 0) is 0 Å². The largest absolute Gasteiger partial charge is 0.478 e. The maximum atomic E-state index is 11.1. The van der Waals surface area contributed by atoms with Gasteiger partial charge < -0.3 is 10.4 Å². The van der Waals surface area contributed by atoms with Gasteiger partial charge in [-0.15, -0.1) is 0 Å². The van der Waals surface area contributed by atoms with Crippen LogP contribution in [-0.4, -0.2) is 17.6 Å². The number of benzene rings is 1. The zero-order valence-corrected chi connectivity index (χ0v) is 11.2. The molecule has 92 valence electrons. The standard InChI is InChI=1S/C13H16BrNO2/c14-10-5-6-11(13(16)17)12(7-10)15-8-9-3-1-2-4-9/h5-7,9,15H,1-4,8H2,(H,16,17). The van der Waals surface area contributed by atoms with E-state index in [4.69, 9.17) is 5.11 Å². The molecule has 0 aromatic heterocycles. The third-order valence-corrected chi connectivity index (χ3v) is 3.76. The Morgan fingerprint density at radius 3 is 2.76 bits per heavy atom. The first kappa shape index (κ1) is 12.4. The molecule has 17 heavy (non-hydrogen) atoms. The number of carbonyl (C=O) groups is 1. The Bertz CT molecular complexity index is 414. The summed E-state index contributed by atoms with van der Waals surface area (Å²) in [5, 5.41) is 12.4. The molecule has 0 atom stereocenters. The Kier molecular flexibility index (Phi) is 4.05. The van der Waals surface area contributed by atoms with Crippen LogP contribution in [0.5, 0.6) is 0 Å². The molecule has 0 amide bonds. The summed E-state index contributed by atoms with van der Waals surface area (Å²) in [4.78, 5) is 11.1. The molecule has 1 aliphatic carbocycles. The summed E-state index contributed by atoms with van der Waals surface area (Å²) >= 11 is 3.37. The number of rotatable bonds is 4. The molecule has 2 rings (SSSR count). The second kappa shape index (κ2) is 5.54. The molecule has 0 spiro atoms. The lowest BCUT2D eigenvalue weighted by atomic mass is 10.1. The molecular weight excluding hydrogens is 282 g/mol. The van der Waals surface area contributed by atoms with Gasteiger partial charge in [0.05, 0.1) is 5.56 Å². The second-order valence-electron chi connectivity index (χ2n) is 4.53. The van der Waals surface area contributed by atoms with Crippen LogP contribution in [0.2, 0.25) is 0 Å². The Morgan fingerprint density at radius 2 is 2.12 bits per heavy atom. The number of hydrogen-bond donors (Lipinski definition) is 2. The molecule has 0 unspecified atom stereocenters. The van der Waals surface area contributed by atoms with E-state index in [0.29, 0.717) is 17.2 Å². The molecule has 3 nitrogen and oxygen atoms in total. The highest BCUT2D eigenvalue weighted by atomic mass is 79.9. The summed E-state index contributed by atoms with van der Waals surface area (Å²) in [7, 11) is 0. The molecule has 0 aliphatic heterocycles. The van der Waals surface area contributed by atoms with Gasteiger partial charge >= 0.3 is 5.97 Å². The minimum atomic E-state index is -0.883. The second-order valence-corrected chi connectivity index (χ2v) is 5.44. The number of aromatic carboxylic acids is 1. The highest BCUT2D eigenvalue weighted by Crippen LogP contribution is 2.27. The van der Waals surface area contributed by atoms with Gasteiger partial charge in [-0.2, -0.15) is 0 Å². The van der Waals surface area contributed by atoms with Crippen LogP contribution in [0.25, 0.3) is 0 Å². The first-order chi connectivity index (χ1) is 8.16. The molecule has 1 aromatic rings. The molecule has 2 N–H and O–H groups in total. The third kappa shape index (κ3) is 3.22. The average Bonchev–Trinajstić information content (AvgIpc) is 2.78. The van der Waals surface area contributed by atoms with Gasteiger partial charge in [0.2, 0.25) is 0 Å². The van der Waals surface area contributed by atoms with E-state index in [1.165, 1.54) is 25.7 Å². The zero-order valence-electron chi connectivity index (χ0n) is 9.58. The van der Waals surface area contributed by atoms with Crippen molar-refractivity contribution < 1.29 is 9.90 Å². The number of nitrogens with one attached hydrogen (secondary N) is 1. The molecule has 0 radical (unpaired) electrons. The molecule has 0 bridgehead atoms. The fourth-order valence-electron chi connectivity index (χ4n) is 2.32. The molecule has 1 aromatic carbocycles. The summed E-state index contributed by atoms with van der Waals surface area (Å²) in [5.41, 5.74) is 1.05. The SMILES string of the molecule is O=C(O)c1ccc(Br)cc1NCC1CCCC1. The normalized spacial score (nSPS) is 16.1. The van der Waals surface area contributed by atoms with E-state index in [-0.39, 0.29) is 0 Å². The summed E-state index contributed by atoms with van der Waals surface area (Å²) in [6.45, 7) is 0.872. The quantitative estimate of drug-likeness (QED) is 0.890. The van der Waals surface area contributed by atoms with Crippen LogP contribution < -0.4 is 5.32 Å². The molecular formula is C13H16BrNO2. The van der Waals surface area contributed by atoms with E-state index in [2.05, 4.69) is 21.2 Å². The Labute approximate surface area is 109 Å². The van der Waals surface area contributed by atoms with Gasteiger partial charge in [-0.25, -0.2) is 4.79 Å². The zero-order chi connectivity index (χ0) is 12.3. The van der Waals surface area contributed by atoms with E-state index in [1.54, 1.807) is 12.1 Å². The fourth-order valence-corrected chi connectivity index (χ4v) is 2.68. The highest BCUT2D eigenvalue weighted by molar-refractivity contribution is 9.10. The molecule has 0 heterocycles. The van der Waals surface area contributed by atoms with E-state index in [1.807, 2.05) is 6.07 Å². The summed E-state index contributed by atoms with van der Waals surface area (Å²) < 4.78 is 0.899. The minimum Gasteiger partial charge on any atom is -0.478 e. The number of anilines is 1. The topological polar surface area (TPSA) is 49.3 Å². The van der Waals surface area contributed by atoms with Gasteiger partial charge in [-0.05, 0) is 37.0 Å². The van der Waals surface area contributed by atoms with Crippen molar-refractivity contribution in [2.45, 2.75) is 25.7 Å². The van der Waals surface area contributed by atoms with Gasteiger partial charge in [-0.3, -0.25) is 0 Å². The predicted octanol–water partition coefficient (Wildman–Crippen LogP) is 3.75. The van der Waals surface area contributed by atoms with E-state index >= 15 is 0 Å². The molecule has 1 saturated carbocycles. The predicted molar refractivity (Wildman–Crippen MR) is 71.5 cm³/mol. The summed E-state index contributed by atoms with van der Waals surface area (Å²) in [6, 6.07) is 5.21. The van der Waals surface area contributed by atoms with Crippen LogP contribution in [0.3, 0.4) is 0 Å². The molecule has 4 heteroatoms. The van der Waals surface area contributed by atoms with Gasteiger partial charge in [-0.1, -0.05) is 28.8 Å². The first-order valence-electron chi connectivity index (χ1n) is 5.93. The number of hydrogen-bond acceptors (Lipinski definition) is 2. The van der Waals surface area contributed by atoms with Crippen LogP contribution in [0, 0.1) is 5.92 Å². The van der Waals surface area contributed by atoms with Crippen molar-refractivity contribution in [3.05, 3.63) is 28.2 Å². The van der Waals surface area contributed by atoms with Crippen molar-refractivity contribution in [3.63, 3.8) is 0 Å². The average molecular weight is 298 g/mol. The lowest BCUT2D eigenvalue weighted by Gasteiger charge is -2.14. The van der Waals surface area contributed by atoms with E-state index < -0.39 is 5.97 Å². The molecule has 0 saturated heterocycles. The number of halogens is 1. The number of carboxylic acid groups (broad SMARTS) is 1. The van der Waals surface area contributed by atoms with Crippen molar-refractivity contribution in [2.75, 3.05) is 11.9 Å². The fraction of sp³-hybridized carbons (Fsp3) is 0.462. The Morgan fingerprint density at radius 1 is 1.41 bits per heavy atom. The van der Waals surface area contributed by atoms with E-state index in [0.717, 1.165) is 11.0 Å². The van der Waals surface area contributed by atoms with Gasteiger partial charge in [0.1, 0.15) is 0 Å². The lowest BCUT2D eigenvalue weighted by molar-refractivity contribution is 0.0698. The van der Waals surface area contributed by atoms with Gasteiger partial charge in [0, 0.05) is 16.7 Å². The van der Waals surface area contributed by atoms with Crippen molar-refractivity contribution in [1.29, 1.82) is 0 Å². The monoisotopic (exact) mass is 297 g/mol. The highest BCUT2D eigenvalue weighted by Gasteiger charge is 2.16. The smallest absolute Gasteiger partial charge is 0.337 e. The van der Waals surface area contributed by atoms with Crippen LogP contribution in [0.4, 0.5) is 5.69 Å². The number of carboxylic acids is 1. The maximum Gasteiger partial charge on any atom is 0.337 e. The van der Waals surface area contributed by atoms with Gasteiger partial charge in [0.15, 0.2) is 0 Å². The molecule has 1 aliphatic rings. The third-order valence-electron chi connectivity index (χ3n) is 3.27. The first-order valence-corrected chi connectivity index (χ1v) is 6.73. The Hall–Kier alpha value is -1.03. The maximum absolute atomic E-state index is 11.1. The minimum absolute atomic E-state index is 0.339. The van der Waals surface area contributed by atoms with Crippen molar-refractivity contribution in [3.8, 4) is 0 Å². The summed E-state index contributed by atoms with van der Waals surface area (Å²) in [6.07, 6.45) is 5.11. The molecule has 1 fully saturated rings. The van der Waals surface area contributed by atoms with Gasteiger partial charge in [0.25, 0.3) is 0 Å². The van der Waals surface area contributed by atoms with Crippen molar-refractivity contribution in [1.82, 2.24) is 0 Å². The van der Waals surface area contributed by atoms with E-state index in [9.17, 15) is 4.79 Å².